The van der Waals surface area contributed by atoms with E-state index >= 15 is 0 Å². The molecule has 0 aliphatic carbocycles. The molecule has 0 saturated carbocycles. The first-order valence-corrected chi connectivity index (χ1v) is 22.6. The maximum atomic E-state index is 6.49. The van der Waals surface area contributed by atoms with Crippen molar-refractivity contribution in [3.05, 3.63) is 231 Å². The highest BCUT2D eigenvalue weighted by Crippen LogP contribution is 2.47. The molecule has 0 fully saturated rings. The highest BCUT2D eigenvalue weighted by molar-refractivity contribution is 7.26. The summed E-state index contributed by atoms with van der Waals surface area (Å²) in [6.45, 7) is 0. The van der Waals surface area contributed by atoms with E-state index in [1.165, 1.54) is 64.2 Å². The Kier molecular flexibility index (Phi) is 8.40. The largest absolute Gasteiger partial charge is 0.455 e. The molecule has 0 bridgehead atoms. The van der Waals surface area contributed by atoms with Crippen molar-refractivity contribution in [1.82, 2.24) is 4.57 Å². The molecule has 0 unspecified atom stereocenters. The van der Waals surface area contributed by atoms with Crippen LogP contribution in [-0.4, -0.2) is 4.57 Å². The van der Waals surface area contributed by atoms with Crippen LogP contribution in [0.3, 0.4) is 0 Å². The van der Waals surface area contributed by atoms with Crippen LogP contribution in [0, 0.1) is 0 Å². The molecule has 13 aromatic rings. The van der Waals surface area contributed by atoms with E-state index in [0.717, 1.165) is 55.8 Å². The van der Waals surface area contributed by atoms with Gasteiger partial charge in [-0.3, -0.25) is 0 Å². The van der Waals surface area contributed by atoms with Crippen LogP contribution in [0.1, 0.15) is 0 Å². The predicted molar refractivity (Wildman–Crippen MR) is 272 cm³/mol. The summed E-state index contributed by atoms with van der Waals surface area (Å²) in [5.74, 6) is 0. The lowest BCUT2D eigenvalue weighted by Crippen LogP contribution is -2.10. The third kappa shape index (κ3) is 5.88. The minimum Gasteiger partial charge on any atom is -0.455 e. The topological polar surface area (TPSA) is 21.3 Å². The van der Waals surface area contributed by atoms with Gasteiger partial charge in [0.25, 0.3) is 0 Å². The second-order valence-electron chi connectivity index (χ2n) is 16.5. The monoisotopic (exact) mass is 834 g/mol. The molecule has 0 amide bonds. The van der Waals surface area contributed by atoms with Crippen LogP contribution in [0.2, 0.25) is 0 Å². The molecule has 0 aliphatic rings. The van der Waals surface area contributed by atoms with E-state index in [9.17, 15) is 0 Å². The number of hydrogen-bond acceptors (Lipinski definition) is 3. The number of hydrogen-bond donors (Lipinski definition) is 0. The number of rotatable bonds is 7. The average molecular weight is 835 g/mol. The molecule has 13 rings (SSSR count). The van der Waals surface area contributed by atoms with Crippen LogP contribution in [-0.2, 0) is 0 Å². The molecule has 3 heterocycles. The van der Waals surface area contributed by atoms with E-state index in [-0.39, 0.29) is 0 Å². The number of fused-ring (bicyclic) bond motifs is 9. The number of nitrogens with zero attached hydrogens (tertiary/aromatic N) is 2. The van der Waals surface area contributed by atoms with Gasteiger partial charge in [0.15, 0.2) is 0 Å². The molecular weight excluding hydrogens is 797 g/mol. The van der Waals surface area contributed by atoms with Gasteiger partial charge in [0.2, 0.25) is 0 Å². The lowest BCUT2D eigenvalue weighted by atomic mass is 9.99. The van der Waals surface area contributed by atoms with E-state index in [1.54, 1.807) is 0 Å². The molecule has 0 spiro atoms. The molecule has 64 heavy (non-hydrogen) atoms. The SMILES string of the molecule is c1ccc(-c2ccc(N(c3ccc(-c4cccc5c4oc4ccccc45)cc3)c3cc(-c4cccc(-n5c6ccccc6c6ccccc65)c4)c4sc5ccccc5c4c3)cc2)cc1. The Labute approximate surface area is 373 Å². The minimum atomic E-state index is 0.902. The van der Waals surface area contributed by atoms with Crippen molar-refractivity contribution in [3.63, 3.8) is 0 Å². The first kappa shape index (κ1) is 36.5. The van der Waals surface area contributed by atoms with E-state index in [2.05, 4.69) is 228 Å². The third-order valence-corrected chi connectivity index (χ3v) is 14.0. The van der Waals surface area contributed by atoms with Crippen LogP contribution in [0.15, 0.2) is 235 Å². The lowest BCUT2D eigenvalue weighted by molar-refractivity contribution is 0.670. The van der Waals surface area contributed by atoms with E-state index in [0.29, 0.717) is 0 Å². The second-order valence-corrected chi connectivity index (χ2v) is 17.5. The molecule has 10 aromatic carbocycles. The Bertz CT molecular complexity index is 3840. The number of anilines is 3. The van der Waals surface area contributed by atoms with Crippen LogP contribution >= 0.6 is 11.3 Å². The first-order valence-electron chi connectivity index (χ1n) is 21.7. The van der Waals surface area contributed by atoms with Gasteiger partial charge in [-0.2, -0.15) is 0 Å². The van der Waals surface area contributed by atoms with Gasteiger partial charge in [-0.25, -0.2) is 0 Å². The van der Waals surface area contributed by atoms with Gasteiger partial charge >= 0.3 is 0 Å². The maximum absolute atomic E-state index is 6.49. The molecule has 0 N–H and O–H groups in total. The van der Waals surface area contributed by atoms with Crippen molar-refractivity contribution in [3.8, 4) is 39.1 Å². The van der Waals surface area contributed by atoms with Crippen molar-refractivity contribution in [1.29, 1.82) is 0 Å². The van der Waals surface area contributed by atoms with Crippen LogP contribution in [0.5, 0.6) is 0 Å². The van der Waals surface area contributed by atoms with E-state index in [4.69, 9.17) is 4.42 Å². The van der Waals surface area contributed by atoms with Gasteiger partial charge in [0.1, 0.15) is 11.2 Å². The van der Waals surface area contributed by atoms with Gasteiger partial charge in [-0.15, -0.1) is 11.3 Å². The molecule has 0 atom stereocenters. The van der Waals surface area contributed by atoms with Gasteiger partial charge in [0.05, 0.1) is 11.0 Å². The number of thiophene rings is 1. The number of para-hydroxylation sites is 4. The lowest BCUT2D eigenvalue weighted by Gasteiger charge is -2.27. The molecule has 300 valence electrons. The van der Waals surface area contributed by atoms with Crippen molar-refractivity contribution in [2.24, 2.45) is 0 Å². The van der Waals surface area contributed by atoms with Gasteiger partial charge in [-0.05, 0) is 95.1 Å². The summed E-state index contributed by atoms with van der Waals surface area (Å²) in [5.41, 5.74) is 15.5. The zero-order valence-corrected chi connectivity index (χ0v) is 35.5. The normalized spacial score (nSPS) is 11.8. The van der Waals surface area contributed by atoms with Crippen molar-refractivity contribution >= 4 is 92.3 Å². The number of aromatic nitrogens is 1. The van der Waals surface area contributed by atoms with Crippen molar-refractivity contribution < 1.29 is 4.42 Å². The molecular formula is C60H38N2OS. The summed E-state index contributed by atoms with van der Waals surface area (Å²) < 4.78 is 11.5. The molecule has 3 nitrogen and oxygen atoms in total. The summed E-state index contributed by atoms with van der Waals surface area (Å²) in [4.78, 5) is 2.41. The molecule has 0 radical (unpaired) electrons. The van der Waals surface area contributed by atoms with Gasteiger partial charge in [0, 0.05) is 75.6 Å². The summed E-state index contributed by atoms with van der Waals surface area (Å²) in [6, 6.07) is 83.5. The van der Waals surface area contributed by atoms with Crippen LogP contribution in [0.4, 0.5) is 17.1 Å². The summed E-state index contributed by atoms with van der Waals surface area (Å²) in [7, 11) is 0. The summed E-state index contributed by atoms with van der Waals surface area (Å²) >= 11 is 1.87. The number of furan rings is 1. The zero-order valence-electron chi connectivity index (χ0n) is 34.7. The van der Waals surface area contributed by atoms with Crippen molar-refractivity contribution in [2.75, 3.05) is 4.90 Å². The van der Waals surface area contributed by atoms with Gasteiger partial charge < -0.3 is 13.9 Å². The van der Waals surface area contributed by atoms with Crippen LogP contribution in [0.25, 0.3) is 103 Å². The maximum Gasteiger partial charge on any atom is 0.143 e. The molecule has 0 saturated heterocycles. The summed E-state index contributed by atoms with van der Waals surface area (Å²) in [6.07, 6.45) is 0. The first-order chi connectivity index (χ1) is 31.7. The standard InChI is InChI=1S/C60H38N2OS/c1-2-14-39(15-3-1)40-28-32-43(33-29-40)61(44-34-30-41(31-35-44)47-22-13-23-52-50-20-6-10-26-57(50)63-59(47)52)46-37-53(60-54(38-46)51-21-7-11-27-58(51)64-60)42-16-12-17-45(36-42)62-55-24-8-4-18-48(55)49-19-5-9-25-56(49)62/h1-38H. The third-order valence-electron chi connectivity index (χ3n) is 12.8. The molecule has 4 heteroatoms. The summed E-state index contributed by atoms with van der Waals surface area (Å²) in [5, 5.41) is 7.28. The Hall–Kier alpha value is -8.18. The fraction of sp³-hybridized carbons (Fsp3) is 0. The Morgan fingerprint density at radius 1 is 0.359 bits per heavy atom. The highest BCUT2D eigenvalue weighted by atomic mass is 32.1. The van der Waals surface area contributed by atoms with Gasteiger partial charge in [-0.1, -0.05) is 158 Å². The Morgan fingerprint density at radius 2 is 0.938 bits per heavy atom. The molecule has 3 aromatic heterocycles. The minimum absolute atomic E-state index is 0.902. The fourth-order valence-electron chi connectivity index (χ4n) is 9.81. The van der Waals surface area contributed by atoms with Crippen LogP contribution < -0.4 is 4.90 Å². The number of benzene rings is 10. The van der Waals surface area contributed by atoms with E-state index in [1.807, 2.05) is 23.5 Å². The Morgan fingerprint density at radius 3 is 1.69 bits per heavy atom. The highest BCUT2D eigenvalue weighted by Gasteiger charge is 2.21. The average Bonchev–Trinajstić information content (AvgIpc) is 4.05. The quantitative estimate of drug-likeness (QED) is 0.159. The smallest absolute Gasteiger partial charge is 0.143 e. The predicted octanol–water partition coefficient (Wildman–Crippen LogP) is 17.5. The second kappa shape index (κ2) is 14.7. The zero-order chi connectivity index (χ0) is 42.1. The van der Waals surface area contributed by atoms with E-state index < -0.39 is 0 Å². The molecule has 0 aliphatic heterocycles. The fourth-order valence-corrected chi connectivity index (χ4v) is 11.0. The van der Waals surface area contributed by atoms with Crippen molar-refractivity contribution in [2.45, 2.75) is 0 Å². The Balaban J connectivity index is 1.01.